The van der Waals surface area contributed by atoms with Gasteiger partial charge >= 0.3 is 5.97 Å². The Labute approximate surface area is 219 Å². The van der Waals surface area contributed by atoms with E-state index in [9.17, 15) is 15.0 Å². The summed E-state index contributed by atoms with van der Waals surface area (Å²) in [6.07, 6.45) is -2.14. The zero-order chi connectivity index (χ0) is 27.6. The number of hydrogen-bond donors (Lipinski definition) is 2. The van der Waals surface area contributed by atoms with Gasteiger partial charge in [0.15, 0.2) is 17.8 Å². The van der Waals surface area contributed by atoms with Gasteiger partial charge in [-0.1, -0.05) is 31.4 Å². The Morgan fingerprint density at radius 1 is 0.811 bits per heavy atom. The van der Waals surface area contributed by atoms with Crippen molar-refractivity contribution in [1.29, 1.82) is 0 Å². The van der Waals surface area contributed by atoms with Gasteiger partial charge in [0.05, 0.1) is 12.0 Å². The second-order valence-electron chi connectivity index (χ2n) is 9.65. The fraction of sp³-hybridized carbons (Fsp3) is 0.414. The van der Waals surface area contributed by atoms with Crippen LogP contribution < -0.4 is 14.2 Å². The zero-order valence-corrected chi connectivity index (χ0v) is 22.3. The molecule has 8 nitrogen and oxygen atoms in total. The molecule has 2 unspecified atom stereocenters. The molecule has 0 aliphatic rings. The summed E-state index contributed by atoms with van der Waals surface area (Å²) in [6, 6.07) is 12.7. The van der Waals surface area contributed by atoms with Gasteiger partial charge in [-0.15, -0.1) is 0 Å². The molecule has 0 radical (unpaired) electrons. The summed E-state index contributed by atoms with van der Waals surface area (Å²) in [5.74, 6) is 1.14. The summed E-state index contributed by atoms with van der Waals surface area (Å²) in [5.41, 5.74) is 2.17. The molecule has 0 saturated heterocycles. The molecule has 0 spiro atoms. The van der Waals surface area contributed by atoms with Crippen molar-refractivity contribution in [2.24, 2.45) is 5.41 Å². The first kappa shape index (κ1) is 29.9. The molecule has 202 valence electrons. The average molecular weight is 515 g/mol. The Balaban J connectivity index is 2.12. The highest BCUT2D eigenvalue weighted by Crippen LogP contribution is 2.33. The number of ether oxygens (including phenoxy) is 5. The minimum Gasteiger partial charge on any atom is -0.487 e. The van der Waals surface area contributed by atoms with Crippen LogP contribution in [0.3, 0.4) is 0 Å². The first-order valence-electron chi connectivity index (χ1n) is 12.0. The molecule has 0 amide bonds. The van der Waals surface area contributed by atoms with Crippen LogP contribution in [0.15, 0.2) is 66.8 Å². The third-order valence-corrected chi connectivity index (χ3v) is 5.03. The molecule has 2 rings (SSSR count). The number of carbonyl (C=O) groups excluding carboxylic acids is 1. The zero-order valence-electron chi connectivity index (χ0n) is 22.3. The van der Waals surface area contributed by atoms with Crippen molar-refractivity contribution in [3.63, 3.8) is 0 Å². The lowest BCUT2D eigenvalue weighted by atomic mass is 9.97. The first-order valence-corrected chi connectivity index (χ1v) is 12.0. The molecule has 2 atom stereocenters. The van der Waals surface area contributed by atoms with Crippen LogP contribution in [0.1, 0.15) is 34.6 Å². The number of benzene rings is 2. The highest BCUT2D eigenvalue weighted by Gasteiger charge is 2.22. The molecule has 0 bridgehead atoms. The Bertz CT molecular complexity index is 1050. The van der Waals surface area contributed by atoms with Gasteiger partial charge in [-0.25, -0.2) is 0 Å². The average Bonchev–Trinajstić information content (AvgIpc) is 2.84. The van der Waals surface area contributed by atoms with Crippen molar-refractivity contribution in [1.82, 2.24) is 0 Å². The number of hydrogen-bond acceptors (Lipinski definition) is 8. The summed E-state index contributed by atoms with van der Waals surface area (Å²) in [6.45, 7) is 16.6. The van der Waals surface area contributed by atoms with E-state index >= 15 is 0 Å². The Kier molecular flexibility index (Phi) is 11.2. The monoisotopic (exact) mass is 514 g/mol. The van der Waals surface area contributed by atoms with Gasteiger partial charge < -0.3 is 33.9 Å². The smallest absolute Gasteiger partial charge is 0.311 e. The summed E-state index contributed by atoms with van der Waals surface area (Å²) in [5, 5.41) is 19.6. The summed E-state index contributed by atoms with van der Waals surface area (Å²) in [4.78, 5) is 12.0. The maximum Gasteiger partial charge on any atom is 0.311 e. The normalized spacial score (nSPS) is 12.8. The quantitative estimate of drug-likeness (QED) is 0.159. The van der Waals surface area contributed by atoms with Crippen LogP contribution in [-0.2, 0) is 14.3 Å². The van der Waals surface area contributed by atoms with Crippen LogP contribution in [0.2, 0.25) is 0 Å². The summed E-state index contributed by atoms with van der Waals surface area (Å²) >= 11 is 0. The Hall–Kier alpha value is -3.33. The van der Waals surface area contributed by atoms with Crippen LogP contribution in [0.4, 0.5) is 0 Å². The van der Waals surface area contributed by atoms with Crippen molar-refractivity contribution in [2.45, 2.75) is 47.2 Å². The molecule has 0 saturated carbocycles. The maximum atomic E-state index is 12.0. The van der Waals surface area contributed by atoms with Crippen molar-refractivity contribution >= 4 is 5.97 Å². The Morgan fingerprint density at radius 2 is 1.38 bits per heavy atom. The third kappa shape index (κ3) is 9.92. The van der Waals surface area contributed by atoms with Gasteiger partial charge in [0, 0.05) is 0 Å². The standard InChI is InChI=1S/C29H38O8/c1-19(2)26(30)35-16-14-34-25-18-22(21-8-11-23(12-9-21)37-27(31)20(3)4)10-13-24(25)33-15-17-36-28(32)29(5,6)7/h8-13,18,26-27,30-31H,1,3,14-17H2,2,4-7H3. The third-order valence-electron chi connectivity index (χ3n) is 5.03. The Morgan fingerprint density at radius 3 is 1.97 bits per heavy atom. The molecule has 2 N–H and O–H groups in total. The number of aliphatic hydroxyl groups excluding tert-OH is 2. The molecule has 0 heterocycles. The second-order valence-corrected chi connectivity index (χ2v) is 9.65. The molecule has 0 aliphatic carbocycles. The molecule has 2 aromatic rings. The summed E-state index contributed by atoms with van der Waals surface area (Å²) < 4.78 is 27.7. The number of aliphatic hydroxyl groups is 2. The lowest BCUT2D eigenvalue weighted by Crippen LogP contribution is -2.25. The van der Waals surface area contributed by atoms with E-state index in [2.05, 4.69) is 13.2 Å². The predicted molar refractivity (Wildman–Crippen MR) is 142 cm³/mol. The van der Waals surface area contributed by atoms with E-state index in [1.165, 1.54) is 0 Å². The molecule has 0 aromatic heterocycles. The van der Waals surface area contributed by atoms with Crippen molar-refractivity contribution in [3.8, 4) is 28.4 Å². The summed E-state index contributed by atoms with van der Waals surface area (Å²) in [7, 11) is 0. The van der Waals surface area contributed by atoms with E-state index in [-0.39, 0.29) is 32.4 Å². The maximum absolute atomic E-state index is 12.0. The molecule has 0 aliphatic heterocycles. The minimum absolute atomic E-state index is 0.0999. The second kappa shape index (κ2) is 13.8. The molecular formula is C29H38O8. The van der Waals surface area contributed by atoms with Gasteiger partial charge in [0.25, 0.3) is 0 Å². The van der Waals surface area contributed by atoms with Gasteiger partial charge in [-0.3, -0.25) is 4.79 Å². The highest BCUT2D eigenvalue weighted by molar-refractivity contribution is 5.75. The van der Waals surface area contributed by atoms with Crippen LogP contribution >= 0.6 is 0 Å². The fourth-order valence-corrected chi connectivity index (χ4v) is 2.83. The largest absolute Gasteiger partial charge is 0.487 e. The van der Waals surface area contributed by atoms with E-state index in [4.69, 9.17) is 23.7 Å². The van der Waals surface area contributed by atoms with Gasteiger partial charge in [0.1, 0.15) is 25.6 Å². The van der Waals surface area contributed by atoms with Crippen molar-refractivity contribution in [2.75, 3.05) is 26.4 Å². The van der Waals surface area contributed by atoms with E-state index in [0.717, 1.165) is 11.1 Å². The first-order chi connectivity index (χ1) is 17.4. The molecule has 8 heteroatoms. The van der Waals surface area contributed by atoms with Crippen LogP contribution in [0.25, 0.3) is 11.1 Å². The number of esters is 1. The van der Waals surface area contributed by atoms with Gasteiger partial charge in [0.2, 0.25) is 6.29 Å². The van der Waals surface area contributed by atoms with E-state index in [1.807, 2.05) is 24.3 Å². The van der Waals surface area contributed by atoms with Crippen LogP contribution in [0.5, 0.6) is 17.2 Å². The van der Waals surface area contributed by atoms with Crippen LogP contribution in [0, 0.1) is 5.41 Å². The number of carbonyl (C=O) groups is 1. The van der Waals surface area contributed by atoms with E-state index in [0.29, 0.717) is 28.4 Å². The molecule has 37 heavy (non-hydrogen) atoms. The fourth-order valence-electron chi connectivity index (χ4n) is 2.83. The van der Waals surface area contributed by atoms with E-state index in [1.54, 1.807) is 52.8 Å². The SMILES string of the molecule is C=C(C)C(O)OCCOc1cc(-c2ccc(OC(O)C(=C)C)cc2)ccc1OCCOC(=O)C(C)(C)C. The van der Waals surface area contributed by atoms with Crippen molar-refractivity contribution in [3.05, 3.63) is 66.8 Å². The highest BCUT2D eigenvalue weighted by atomic mass is 16.6. The lowest BCUT2D eigenvalue weighted by Gasteiger charge is -2.18. The van der Waals surface area contributed by atoms with Crippen molar-refractivity contribution < 1.29 is 38.7 Å². The predicted octanol–water partition coefficient (Wildman–Crippen LogP) is 4.88. The van der Waals surface area contributed by atoms with Gasteiger partial charge in [-0.05, 0) is 81.2 Å². The molecular weight excluding hydrogens is 476 g/mol. The van der Waals surface area contributed by atoms with Crippen LogP contribution in [-0.4, -0.2) is 55.2 Å². The lowest BCUT2D eigenvalue weighted by molar-refractivity contribution is -0.153. The minimum atomic E-state index is -1.07. The van der Waals surface area contributed by atoms with Gasteiger partial charge in [-0.2, -0.15) is 0 Å². The molecule has 2 aromatic carbocycles. The molecule has 0 fully saturated rings. The topological polar surface area (TPSA) is 104 Å². The van der Waals surface area contributed by atoms with E-state index < -0.39 is 18.0 Å². The number of rotatable bonds is 14.